The Balaban J connectivity index is 2.63. The van der Waals surface area contributed by atoms with Crippen LogP contribution in [0.5, 0.6) is 5.75 Å². The third kappa shape index (κ3) is 4.99. The SMILES string of the molecule is CNC(CCc1cc(Br)ccc1OC)CC(C)C. The highest BCUT2D eigenvalue weighted by Crippen LogP contribution is 2.25. The number of methoxy groups -OCH3 is 1. The van der Waals surface area contributed by atoms with Crippen molar-refractivity contribution in [1.82, 2.24) is 5.32 Å². The van der Waals surface area contributed by atoms with E-state index < -0.39 is 0 Å². The molecule has 1 N–H and O–H groups in total. The molecule has 0 aliphatic carbocycles. The first-order chi connectivity index (χ1) is 8.56. The standard InChI is InChI=1S/C15H24BrNO/c1-11(2)9-14(17-3)7-5-12-10-13(16)6-8-15(12)18-4/h6,8,10-11,14,17H,5,7,9H2,1-4H3. The predicted octanol–water partition coefficient (Wildman–Crippen LogP) is 4.02. The molecular formula is C15H24BrNO. The predicted molar refractivity (Wildman–Crippen MR) is 81.3 cm³/mol. The van der Waals surface area contributed by atoms with E-state index in [9.17, 15) is 0 Å². The molecule has 1 atom stereocenters. The number of benzene rings is 1. The van der Waals surface area contributed by atoms with Gasteiger partial charge in [0.25, 0.3) is 0 Å². The molecule has 0 bridgehead atoms. The summed E-state index contributed by atoms with van der Waals surface area (Å²) in [6.07, 6.45) is 3.40. The molecule has 1 aromatic rings. The Morgan fingerprint density at radius 3 is 2.61 bits per heavy atom. The van der Waals surface area contributed by atoms with Crippen molar-refractivity contribution in [2.75, 3.05) is 14.2 Å². The van der Waals surface area contributed by atoms with E-state index in [0.717, 1.165) is 29.0 Å². The smallest absolute Gasteiger partial charge is 0.122 e. The lowest BCUT2D eigenvalue weighted by atomic mass is 9.97. The molecule has 102 valence electrons. The average molecular weight is 314 g/mol. The highest BCUT2D eigenvalue weighted by molar-refractivity contribution is 9.10. The molecule has 1 rings (SSSR count). The van der Waals surface area contributed by atoms with Gasteiger partial charge in [-0.2, -0.15) is 0 Å². The van der Waals surface area contributed by atoms with Crippen LogP contribution >= 0.6 is 15.9 Å². The van der Waals surface area contributed by atoms with E-state index in [4.69, 9.17) is 4.74 Å². The maximum Gasteiger partial charge on any atom is 0.122 e. The van der Waals surface area contributed by atoms with Gasteiger partial charge >= 0.3 is 0 Å². The van der Waals surface area contributed by atoms with E-state index in [0.29, 0.717) is 6.04 Å². The Morgan fingerprint density at radius 2 is 2.06 bits per heavy atom. The maximum absolute atomic E-state index is 5.41. The monoisotopic (exact) mass is 313 g/mol. The summed E-state index contributed by atoms with van der Waals surface area (Å²) in [5, 5.41) is 3.40. The number of halogens is 1. The molecule has 0 aliphatic heterocycles. The topological polar surface area (TPSA) is 21.3 Å². The molecule has 0 amide bonds. The zero-order chi connectivity index (χ0) is 13.5. The van der Waals surface area contributed by atoms with Crippen LogP contribution in [0.1, 0.15) is 32.3 Å². The van der Waals surface area contributed by atoms with E-state index in [2.05, 4.69) is 41.2 Å². The van der Waals surface area contributed by atoms with Crippen LogP contribution in [0.3, 0.4) is 0 Å². The van der Waals surface area contributed by atoms with Crippen LogP contribution in [0.2, 0.25) is 0 Å². The van der Waals surface area contributed by atoms with Crippen LogP contribution in [0.4, 0.5) is 0 Å². The number of ether oxygens (including phenoxy) is 1. The quantitative estimate of drug-likeness (QED) is 0.820. The fourth-order valence-electron chi connectivity index (χ4n) is 2.22. The van der Waals surface area contributed by atoms with Crippen LogP contribution in [0, 0.1) is 5.92 Å². The lowest BCUT2D eigenvalue weighted by molar-refractivity contribution is 0.399. The van der Waals surface area contributed by atoms with Crippen molar-refractivity contribution < 1.29 is 4.74 Å². The second-order valence-electron chi connectivity index (χ2n) is 5.11. The number of aryl methyl sites for hydroxylation is 1. The van der Waals surface area contributed by atoms with Crippen LogP contribution in [-0.4, -0.2) is 20.2 Å². The molecule has 0 saturated carbocycles. The molecule has 0 fully saturated rings. The number of hydrogen-bond acceptors (Lipinski definition) is 2. The Morgan fingerprint density at radius 1 is 1.33 bits per heavy atom. The summed E-state index contributed by atoms with van der Waals surface area (Å²) in [6, 6.07) is 6.78. The lowest BCUT2D eigenvalue weighted by Crippen LogP contribution is -2.27. The van der Waals surface area contributed by atoms with Gasteiger partial charge in [-0.15, -0.1) is 0 Å². The lowest BCUT2D eigenvalue weighted by Gasteiger charge is -2.19. The average Bonchev–Trinajstić information content (AvgIpc) is 2.34. The van der Waals surface area contributed by atoms with Crippen molar-refractivity contribution in [2.45, 2.75) is 39.2 Å². The van der Waals surface area contributed by atoms with Gasteiger partial charge < -0.3 is 10.1 Å². The second kappa shape index (κ2) is 7.80. The van der Waals surface area contributed by atoms with Crippen LogP contribution in [0.25, 0.3) is 0 Å². The first-order valence-corrected chi connectivity index (χ1v) is 7.35. The van der Waals surface area contributed by atoms with Gasteiger partial charge in [0.15, 0.2) is 0 Å². The fraction of sp³-hybridized carbons (Fsp3) is 0.600. The third-order valence-electron chi connectivity index (χ3n) is 3.17. The number of hydrogen-bond donors (Lipinski definition) is 1. The molecule has 1 unspecified atom stereocenters. The van der Waals surface area contributed by atoms with E-state index in [-0.39, 0.29) is 0 Å². The Labute approximate surface area is 119 Å². The van der Waals surface area contributed by atoms with Crippen molar-refractivity contribution in [1.29, 1.82) is 0 Å². The van der Waals surface area contributed by atoms with E-state index in [1.54, 1.807) is 7.11 Å². The first kappa shape index (κ1) is 15.5. The molecule has 18 heavy (non-hydrogen) atoms. The van der Waals surface area contributed by atoms with Crippen molar-refractivity contribution in [2.24, 2.45) is 5.92 Å². The highest BCUT2D eigenvalue weighted by atomic mass is 79.9. The molecule has 0 aromatic heterocycles. The van der Waals surface area contributed by atoms with Crippen molar-refractivity contribution in [3.8, 4) is 5.75 Å². The van der Waals surface area contributed by atoms with Gasteiger partial charge in [-0.25, -0.2) is 0 Å². The Kier molecular flexibility index (Phi) is 6.72. The van der Waals surface area contributed by atoms with Gasteiger partial charge in [0.1, 0.15) is 5.75 Å². The molecule has 1 aromatic carbocycles. The van der Waals surface area contributed by atoms with E-state index in [1.807, 2.05) is 19.2 Å². The first-order valence-electron chi connectivity index (χ1n) is 6.56. The Bertz CT molecular complexity index is 366. The molecule has 0 radical (unpaired) electrons. The summed E-state index contributed by atoms with van der Waals surface area (Å²) in [5.74, 6) is 1.71. The molecular weight excluding hydrogens is 290 g/mol. The zero-order valence-corrected chi connectivity index (χ0v) is 13.4. The van der Waals surface area contributed by atoms with Gasteiger partial charge in [-0.3, -0.25) is 0 Å². The van der Waals surface area contributed by atoms with Gasteiger partial charge in [-0.1, -0.05) is 29.8 Å². The van der Waals surface area contributed by atoms with Crippen molar-refractivity contribution in [3.63, 3.8) is 0 Å². The minimum absolute atomic E-state index is 0.577. The summed E-state index contributed by atoms with van der Waals surface area (Å²) >= 11 is 3.52. The molecule has 0 saturated heterocycles. The number of nitrogens with one attached hydrogen (secondary N) is 1. The highest BCUT2D eigenvalue weighted by Gasteiger charge is 2.11. The van der Waals surface area contributed by atoms with Gasteiger partial charge in [0.2, 0.25) is 0 Å². The minimum Gasteiger partial charge on any atom is -0.496 e. The molecule has 3 heteroatoms. The fourth-order valence-corrected chi connectivity index (χ4v) is 2.63. The minimum atomic E-state index is 0.577. The van der Waals surface area contributed by atoms with Crippen LogP contribution < -0.4 is 10.1 Å². The van der Waals surface area contributed by atoms with Crippen molar-refractivity contribution >= 4 is 15.9 Å². The van der Waals surface area contributed by atoms with Gasteiger partial charge in [-0.05, 0) is 56.0 Å². The summed E-state index contributed by atoms with van der Waals surface area (Å²) in [5.41, 5.74) is 1.27. The molecule has 0 aliphatic rings. The van der Waals surface area contributed by atoms with E-state index in [1.165, 1.54) is 12.0 Å². The second-order valence-corrected chi connectivity index (χ2v) is 6.03. The number of rotatable bonds is 7. The van der Waals surface area contributed by atoms with E-state index >= 15 is 0 Å². The Hall–Kier alpha value is -0.540. The third-order valence-corrected chi connectivity index (χ3v) is 3.66. The maximum atomic E-state index is 5.41. The summed E-state index contributed by atoms with van der Waals surface area (Å²) in [4.78, 5) is 0. The van der Waals surface area contributed by atoms with Gasteiger partial charge in [0, 0.05) is 10.5 Å². The molecule has 2 nitrogen and oxygen atoms in total. The van der Waals surface area contributed by atoms with Gasteiger partial charge in [0.05, 0.1) is 7.11 Å². The summed E-state index contributed by atoms with van der Waals surface area (Å²) < 4.78 is 6.52. The normalized spacial score (nSPS) is 12.8. The van der Waals surface area contributed by atoms with Crippen LogP contribution in [-0.2, 0) is 6.42 Å². The summed E-state index contributed by atoms with van der Waals surface area (Å²) in [6.45, 7) is 4.54. The molecule has 0 spiro atoms. The largest absolute Gasteiger partial charge is 0.496 e. The zero-order valence-electron chi connectivity index (χ0n) is 11.8. The van der Waals surface area contributed by atoms with Crippen molar-refractivity contribution in [3.05, 3.63) is 28.2 Å². The molecule has 0 heterocycles. The van der Waals surface area contributed by atoms with Crippen LogP contribution in [0.15, 0.2) is 22.7 Å². The summed E-state index contributed by atoms with van der Waals surface area (Å²) in [7, 11) is 3.78.